The number of benzene rings is 1. The van der Waals surface area contributed by atoms with E-state index in [-0.39, 0.29) is 35.8 Å². The van der Waals surface area contributed by atoms with E-state index in [1.54, 1.807) is 24.3 Å². The number of ketones is 1. The van der Waals surface area contributed by atoms with Crippen LogP contribution in [0.1, 0.15) is 56.3 Å². The van der Waals surface area contributed by atoms with Crippen LogP contribution in [0.15, 0.2) is 24.3 Å². The molecule has 2 heterocycles. The molecule has 3 rings (SSSR count). The summed E-state index contributed by atoms with van der Waals surface area (Å²) in [6.07, 6.45) is 4.65. The van der Waals surface area contributed by atoms with E-state index in [0.29, 0.717) is 11.3 Å². The standard InChI is InChI=1S/C19H25N3O3/c1-12(23)14-5-3-6-15(9-14)21-19(25)22-17-7-4-8-18(22)11-16(10-17)20-13(2)24/h3,5-6,9,16-18H,4,7-8,10-11H2,1-2H3,(H,20,24)(H,21,25)/t16?,17-,18+. The Kier molecular flexibility index (Phi) is 5.06. The monoisotopic (exact) mass is 343 g/mol. The summed E-state index contributed by atoms with van der Waals surface area (Å²) in [5, 5.41) is 5.94. The summed E-state index contributed by atoms with van der Waals surface area (Å²) in [5.74, 6) is -0.0360. The zero-order valence-corrected chi connectivity index (χ0v) is 14.7. The van der Waals surface area contributed by atoms with Crippen LogP contribution in [0.4, 0.5) is 10.5 Å². The molecule has 2 saturated heterocycles. The zero-order valence-electron chi connectivity index (χ0n) is 14.7. The molecular formula is C19H25N3O3. The van der Waals surface area contributed by atoms with Gasteiger partial charge in [0.15, 0.2) is 5.78 Å². The normalized spacial score (nSPS) is 25.2. The number of fused-ring (bicyclic) bond motifs is 2. The first-order valence-corrected chi connectivity index (χ1v) is 8.91. The Bertz CT molecular complexity index is 674. The number of hydrogen-bond acceptors (Lipinski definition) is 3. The lowest BCUT2D eigenvalue weighted by Crippen LogP contribution is -2.59. The highest BCUT2D eigenvalue weighted by Gasteiger charge is 2.41. The SMILES string of the molecule is CC(=O)NC1C[C@H]2CCC[C@@H](C1)N2C(=O)Nc1cccc(C(C)=O)c1. The van der Waals surface area contributed by atoms with E-state index < -0.39 is 0 Å². The molecule has 2 bridgehead atoms. The molecule has 2 fully saturated rings. The lowest BCUT2D eigenvalue weighted by Gasteiger charge is -2.48. The molecule has 0 aliphatic carbocycles. The molecule has 2 aliphatic rings. The van der Waals surface area contributed by atoms with Gasteiger partial charge in [0.05, 0.1) is 0 Å². The highest BCUT2D eigenvalue weighted by molar-refractivity contribution is 5.96. The van der Waals surface area contributed by atoms with E-state index in [9.17, 15) is 14.4 Å². The molecule has 0 saturated carbocycles. The Morgan fingerprint density at radius 2 is 1.76 bits per heavy atom. The molecule has 0 radical (unpaired) electrons. The van der Waals surface area contributed by atoms with Crippen molar-refractivity contribution in [1.82, 2.24) is 10.2 Å². The number of nitrogens with one attached hydrogen (secondary N) is 2. The lowest BCUT2D eigenvalue weighted by atomic mass is 9.82. The topological polar surface area (TPSA) is 78.5 Å². The Hall–Kier alpha value is -2.37. The summed E-state index contributed by atoms with van der Waals surface area (Å²) in [7, 11) is 0. The Morgan fingerprint density at radius 3 is 2.36 bits per heavy atom. The average Bonchev–Trinajstić information content (AvgIpc) is 2.53. The smallest absolute Gasteiger partial charge is 0.322 e. The fourth-order valence-electron chi connectivity index (χ4n) is 4.12. The van der Waals surface area contributed by atoms with Crippen LogP contribution in [-0.2, 0) is 4.79 Å². The first-order valence-electron chi connectivity index (χ1n) is 8.91. The van der Waals surface area contributed by atoms with Crippen molar-refractivity contribution in [3.8, 4) is 0 Å². The van der Waals surface area contributed by atoms with Gasteiger partial charge in [-0.15, -0.1) is 0 Å². The number of Topliss-reactive ketones (excluding diaryl/α,β-unsaturated/α-hetero) is 1. The van der Waals surface area contributed by atoms with Gasteiger partial charge in [-0.1, -0.05) is 12.1 Å². The van der Waals surface area contributed by atoms with Crippen molar-refractivity contribution in [3.05, 3.63) is 29.8 Å². The van der Waals surface area contributed by atoms with Gasteiger partial charge in [-0.2, -0.15) is 0 Å². The van der Waals surface area contributed by atoms with Crippen molar-refractivity contribution in [2.24, 2.45) is 0 Å². The van der Waals surface area contributed by atoms with E-state index in [1.807, 2.05) is 4.90 Å². The maximum atomic E-state index is 12.8. The Morgan fingerprint density at radius 1 is 1.08 bits per heavy atom. The molecule has 2 aliphatic heterocycles. The van der Waals surface area contributed by atoms with E-state index in [1.165, 1.54) is 13.8 Å². The second-order valence-electron chi connectivity index (χ2n) is 7.08. The Labute approximate surface area is 148 Å². The molecule has 6 nitrogen and oxygen atoms in total. The first-order chi connectivity index (χ1) is 11.9. The molecule has 2 N–H and O–H groups in total. The highest BCUT2D eigenvalue weighted by atomic mass is 16.2. The van der Waals surface area contributed by atoms with Gasteiger partial charge in [0.2, 0.25) is 5.91 Å². The zero-order chi connectivity index (χ0) is 18.0. The summed E-state index contributed by atoms with van der Waals surface area (Å²) in [5.41, 5.74) is 1.22. The number of anilines is 1. The predicted octanol–water partition coefficient (Wildman–Crippen LogP) is 2.94. The second-order valence-corrected chi connectivity index (χ2v) is 7.08. The number of carbonyl (C=O) groups is 3. The van der Waals surface area contributed by atoms with Crippen LogP contribution in [0.5, 0.6) is 0 Å². The minimum atomic E-state index is -0.114. The van der Waals surface area contributed by atoms with E-state index in [2.05, 4.69) is 10.6 Å². The van der Waals surface area contributed by atoms with Crippen molar-refractivity contribution >= 4 is 23.4 Å². The predicted molar refractivity (Wildman–Crippen MR) is 95.6 cm³/mol. The van der Waals surface area contributed by atoms with Gasteiger partial charge in [-0.25, -0.2) is 4.79 Å². The molecule has 25 heavy (non-hydrogen) atoms. The molecule has 134 valence electrons. The van der Waals surface area contributed by atoms with Crippen LogP contribution in [0.3, 0.4) is 0 Å². The first kappa shape index (κ1) is 17.5. The van der Waals surface area contributed by atoms with Gasteiger partial charge in [0.1, 0.15) is 0 Å². The number of rotatable bonds is 3. The van der Waals surface area contributed by atoms with Crippen molar-refractivity contribution < 1.29 is 14.4 Å². The van der Waals surface area contributed by atoms with Crippen LogP contribution in [0, 0.1) is 0 Å². The van der Waals surface area contributed by atoms with Crippen LogP contribution < -0.4 is 10.6 Å². The molecule has 1 aromatic rings. The van der Waals surface area contributed by atoms with Crippen molar-refractivity contribution in [2.75, 3.05) is 5.32 Å². The maximum Gasteiger partial charge on any atom is 0.322 e. The minimum absolute atomic E-state index is 0.0120. The second kappa shape index (κ2) is 7.25. The highest BCUT2D eigenvalue weighted by Crippen LogP contribution is 2.34. The number of urea groups is 1. The van der Waals surface area contributed by atoms with Crippen LogP contribution in [-0.4, -0.2) is 40.7 Å². The van der Waals surface area contributed by atoms with Crippen LogP contribution >= 0.6 is 0 Å². The molecule has 6 heteroatoms. The van der Waals surface area contributed by atoms with E-state index in [0.717, 1.165) is 32.1 Å². The molecule has 0 spiro atoms. The third kappa shape index (κ3) is 4.00. The van der Waals surface area contributed by atoms with Crippen molar-refractivity contribution in [2.45, 2.75) is 64.1 Å². The number of carbonyl (C=O) groups excluding carboxylic acids is 3. The maximum absolute atomic E-state index is 12.8. The van der Waals surface area contributed by atoms with Crippen molar-refractivity contribution in [3.63, 3.8) is 0 Å². The number of hydrogen-bond donors (Lipinski definition) is 2. The van der Waals surface area contributed by atoms with Crippen LogP contribution in [0.2, 0.25) is 0 Å². The number of piperidine rings is 2. The van der Waals surface area contributed by atoms with Gasteiger partial charge in [0.25, 0.3) is 0 Å². The summed E-state index contributed by atoms with van der Waals surface area (Å²) in [6, 6.07) is 7.36. The fraction of sp³-hybridized carbons (Fsp3) is 0.526. The molecule has 1 aromatic carbocycles. The third-order valence-corrected chi connectivity index (χ3v) is 5.14. The number of nitrogens with zero attached hydrogens (tertiary/aromatic N) is 1. The Balaban J connectivity index is 1.71. The molecular weight excluding hydrogens is 318 g/mol. The lowest BCUT2D eigenvalue weighted by molar-refractivity contribution is -0.120. The number of amides is 3. The minimum Gasteiger partial charge on any atom is -0.353 e. The van der Waals surface area contributed by atoms with Crippen molar-refractivity contribution in [1.29, 1.82) is 0 Å². The van der Waals surface area contributed by atoms with Gasteiger partial charge in [-0.05, 0) is 51.2 Å². The largest absolute Gasteiger partial charge is 0.353 e. The van der Waals surface area contributed by atoms with Gasteiger partial charge < -0.3 is 15.5 Å². The quantitative estimate of drug-likeness (QED) is 0.828. The summed E-state index contributed by atoms with van der Waals surface area (Å²) < 4.78 is 0. The van der Waals surface area contributed by atoms with E-state index >= 15 is 0 Å². The molecule has 0 aromatic heterocycles. The van der Waals surface area contributed by atoms with Crippen LogP contribution in [0.25, 0.3) is 0 Å². The molecule has 3 atom stereocenters. The average molecular weight is 343 g/mol. The van der Waals surface area contributed by atoms with Gasteiger partial charge >= 0.3 is 6.03 Å². The van der Waals surface area contributed by atoms with E-state index in [4.69, 9.17) is 0 Å². The fourth-order valence-corrected chi connectivity index (χ4v) is 4.12. The molecule has 3 amide bonds. The van der Waals surface area contributed by atoms with Gasteiger partial charge in [0, 0.05) is 36.3 Å². The van der Waals surface area contributed by atoms with Gasteiger partial charge in [-0.3, -0.25) is 9.59 Å². The summed E-state index contributed by atoms with van der Waals surface area (Å²) in [4.78, 5) is 37.6. The summed E-state index contributed by atoms with van der Waals surface area (Å²) >= 11 is 0. The summed E-state index contributed by atoms with van der Waals surface area (Å²) in [6.45, 7) is 3.05. The third-order valence-electron chi connectivity index (χ3n) is 5.14. The molecule has 1 unspecified atom stereocenters.